The van der Waals surface area contributed by atoms with Gasteiger partial charge in [0.2, 0.25) is 5.76 Å². The fourth-order valence-electron chi connectivity index (χ4n) is 5.73. The van der Waals surface area contributed by atoms with Gasteiger partial charge in [-0.3, -0.25) is 9.59 Å². The van der Waals surface area contributed by atoms with E-state index in [-0.39, 0.29) is 23.5 Å². The molecule has 2 aliphatic heterocycles. The van der Waals surface area contributed by atoms with Crippen molar-refractivity contribution in [2.24, 2.45) is 5.92 Å². The van der Waals surface area contributed by atoms with Crippen LogP contribution in [0, 0.1) is 5.92 Å². The van der Waals surface area contributed by atoms with Crippen LogP contribution in [0.15, 0.2) is 71.3 Å². The monoisotopic (exact) mass is 604 g/mol. The van der Waals surface area contributed by atoms with Gasteiger partial charge >= 0.3 is 6.18 Å². The van der Waals surface area contributed by atoms with E-state index in [0.717, 1.165) is 29.7 Å². The zero-order chi connectivity index (χ0) is 30.8. The molecule has 44 heavy (non-hydrogen) atoms. The number of piperidine rings is 1. The van der Waals surface area contributed by atoms with Gasteiger partial charge in [-0.25, -0.2) is 4.98 Å². The minimum absolute atomic E-state index is 0.169. The summed E-state index contributed by atoms with van der Waals surface area (Å²) >= 11 is 0. The minimum Gasteiger partial charge on any atom is -0.417 e. The van der Waals surface area contributed by atoms with Crippen LogP contribution in [0.4, 0.5) is 36.4 Å². The molecule has 6 rings (SSSR count). The molecule has 9 nitrogen and oxygen atoms in total. The Bertz CT molecular complexity index is 1660. The fourth-order valence-corrected chi connectivity index (χ4v) is 5.73. The van der Waals surface area contributed by atoms with Crippen LogP contribution in [0.25, 0.3) is 0 Å². The zero-order valence-corrected chi connectivity index (χ0v) is 24.0. The Hall–Kier alpha value is -4.87. The van der Waals surface area contributed by atoms with Crippen LogP contribution < -0.4 is 20.4 Å². The minimum atomic E-state index is -4.86. The number of oxazole rings is 1. The van der Waals surface area contributed by atoms with Gasteiger partial charge in [-0.15, -0.1) is 0 Å². The first-order chi connectivity index (χ1) is 21.2. The normalized spacial score (nSPS) is 16.8. The van der Waals surface area contributed by atoms with E-state index in [0.29, 0.717) is 44.0 Å². The summed E-state index contributed by atoms with van der Waals surface area (Å²) in [7, 11) is 0. The van der Waals surface area contributed by atoms with Crippen LogP contribution in [-0.4, -0.2) is 41.4 Å². The number of benzene rings is 2. The SMILES string of the molecule is CC1CCCN(c2nc(C(F)(F)F)c(C(=O)Nc3ccc(N4CCc5c(cccc5C(=O)Nc5ccccc5)C4)nc3)o2)C1. The third-order valence-electron chi connectivity index (χ3n) is 7.89. The van der Waals surface area contributed by atoms with E-state index in [4.69, 9.17) is 4.42 Å². The molecule has 0 spiro atoms. The number of carbonyl (C=O) groups excluding carboxylic acids is 2. The number of nitrogens with one attached hydrogen (secondary N) is 2. The summed E-state index contributed by atoms with van der Waals surface area (Å²) in [5, 5.41) is 5.41. The number of hydrogen-bond donors (Lipinski definition) is 2. The van der Waals surface area contributed by atoms with Crippen molar-refractivity contribution in [3.63, 3.8) is 0 Å². The highest BCUT2D eigenvalue weighted by atomic mass is 19.4. The van der Waals surface area contributed by atoms with E-state index in [1.165, 1.54) is 6.20 Å². The van der Waals surface area contributed by atoms with Crippen molar-refractivity contribution in [3.05, 3.63) is 95.0 Å². The highest BCUT2D eigenvalue weighted by Crippen LogP contribution is 2.35. The van der Waals surface area contributed by atoms with Gasteiger partial charge in [-0.2, -0.15) is 18.2 Å². The lowest BCUT2D eigenvalue weighted by Crippen LogP contribution is -2.34. The first-order valence-corrected chi connectivity index (χ1v) is 14.5. The summed E-state index contributed by atoms with van der Waals surface area (Å²) in [6.07, 6.45) is -1.07. The Morgan fingerprint density at radius 1 is 0.932 bits per heavy atom. The molecule has 0 saturated carbocycles. The molecule has 2 amide bonds. The highest BCUT2D eigenvalue weighted by Gasteiger charge is 2.42. The standard InChI is InChI=1S/C32H31F3N6O3/c1-20-7-6-15-41(18-20)31-39-28(32(33,34)35)27(44-31)30(43)38-23-12-13-26(36-17-23)40-16-14-24-21(19-40)8-5-11-25(24)29(42)37-22-9-3-2-4-10-22/h2-5,8-13,17,20H,6-7,14-16,18-19H2,1H3,(H,37,42)(H,38,43). The van der Waals surface area contributed by atoms with Gasteiger partial charge in [0.15, 0.2) is 5.69 Å². The largest absolute Gasteiger partial charge is 0.437 e. The van der Waals surface area contributed by atoms with Crippen molar-refractivity contribution >= 4 is 35.0 Å². The van der Waals surface area contributed by atoms with Gasteiger partial charge in [-0.1, -0.05) is 37.3 Å². The predicted molar refractivity (Wildman–Crippen MR) is 160 cm³/mol. The molecule has 2 N–H and O–H groups in total. The molecule has 228 valence electrons. The molecule has 12 heteroatoms. The van der Waals surface area contributed by atoms with Crippen LogP contribution in [0.2, 0.25) is 0 Å². The molecule has 2 aromatic carbocycles. The Kier molecular flexibility index (Phi) is 7.98. The van der Waals surface area contributed by atoms with Crippen molar-refractivity contribution in [1.29, 1.82) is 0 Å². The van der Waals surface area contributed by atoms with Gasteiger partial charge in [0.05, 0.1) is 11.9 Å². The third kappa shape index (κ3) is 6.24. The molecule has 1 atom stereocenters. The van der Waals surface area contributed by atoms with Crippen molar-refractivity contribution in [3.8, 4) is 0 Å². The van der Waals surface area contributed by atoms with Crippen molar-refractivity contribution in [1.82, 2.24) is 9.97 Å². The van der Waals surface area contributed by atoms with Gasteiger partial charge in [-0.05, 0) is 66.6 Å². The molecule has 2 aromatic heterocycles. The number of amides is 2. The summed E-state index contributed by atoms with van der Waals surface area (Å²) in [5.74, 6) is -1.19. The van der Waals surface area contributed by atoms with Crippen LogP contribution in [0.3, 0.4) is 0 Å². The molecule has 4 heterocycles. The smallest absolute Gasteiger partial charge is 0.417 e. The Morgan fingerprint density at radius 2 is 1.73 bits per heavy atom. The first-order valence-electron chi connectivity index (χ1n) is 14.5. The second-order valence-corrected chi connectivity index (χ2v) is 11.2. The quantitative estimate of drug-likeness (QED) is 0.263. The lowest BCUT2D eigenvalue weighted by molar-refractivity contribution is -0.141. The second-order valence-electron chi connectivity index (χ2n) is 11.2. The molecule has 1 saturated heterocycles. The Labute approximate surface area is 252 Å². The van der Waals surface area contributed by atoms with Crippen LogP contribution in [-0.2, 0) is 19.1 Å². The second kappa shape index (κ2) is 12.0. The number of fused-ring (bicyclic) bond motifs is 1. The molecular formula is C32H31F3N6O3. The maximum Gasteiger partial charge on any atom is 0.437 e. The molecule has 0 radical (unpaired) electrons. The fraction of sp³-hybridized carbons (Fsp3) is 0.312. The van der Waals surface area contributed by atoms with E-state index in [9.17, 15) is 22.8 Å². The van der Waals surface area contributed by atoms with Crippen molar-refractivity contribution in [2.45, 2.75) is 38.9 Å². The number of hydrogen-bond acceptors (Lipinski definition) is 7. The van der Waals surface area contributed by atoms with E-state index in [2.05, 4.69) is 20.6 Å². The number of alkyl halides is 3. The summed E-state index contributed by atoms with van der Waals surface area (Å²) in [6, 6.07) is 18.0. The number of carbonyl (C=O) groups is 2. The summed E-state index contributed by atoms with van der Waals surface area (Å²) < 4.78 is 46.7. The molecule has 2 aliphatic rings. The van der Waals surface area contributed by atoms with Crippen molar-refractivity contribution in [2.75, 3.05) is 40.1 Å². The number of aromatic nitrogens is 2. The van der Waals surface area contributed by atoms with Crippen LogP contribution in [0.1, 0.15) is 57.5 Å². The van der Waals surface area contributed by atoms with E-state index < -0.39 is 23.5 Å². The molecular weight excluding hydrogens is 573 g/mol. The van der Waals surface area contributed by atoms with Gasteiger partial charge < -0.3 is 24.9 Å². The van der Waals surface area contributed by atoms with E-state index >= 15 is 0 Å². The molecule has 0 bridgehead atoms. The number of nitrogens with zero attached hydrogens (tertiary/aromatic N) is 4. The van der Waals surface area contributed by atoms with Crippen LogP contribution in [0.5, 0.6) is 0 Å². The average molecular weight is 605 g/mol. The number of halogens is 3. The average Bonchev–Trinajstić information content (AvgIpc) is 3.48. The van der Waals surface area contributed by atoms with E-state index in [1.54, 1.807) is 17.0 Å². The number of anilines is 4. The lowest BCUT2D eigenvalue weighted by Gasteiger charge is -2.31. The summed E-state index contributed by atoms with van der Waals surface area (Å²) in [5.41, 5.74) is 2.19. The Balaban J connectivity index is 1.14. The molecule has 1 fully saturated rings. The molecule has 4 aromatic rings. The zero-order valence-electron chi connectivity index (χ0n) is 24.0. The Morgan fingerprint density at radius 3 is 2.45 bits per heavy atom. The predicted octanol–water partition coefficient (Wildman–Crippen LogP) is 6.39. The van der Waals surface area contributed by atoms with Gasteiger partial charge in [0.1, 0.15) is 5.82 Å². The summed E-state index contributed by atoms with van der Waals surface area (Å²) in [6.45, 7) is 4.15. The number of para-hydroxylation sites is 1. The van der Waals surface area contributed by atoms with Crippen molar-refractivity contribution < 1.29 is 27.2 Å². The van der Waals surface area contributed by atoms with Crippen LogP contribution >= 0.6 is 0 Å². The molecule has 1 unspecified atom stereocenters. The summed E-state index contributed by atoms with van der Waals surface area (Å²) in [4.78, 5) is 37.7. The maximum atomic E-state index is 13.8. The first kappa shape index (κ1) is 29.2. The van der Waals surface area contributed by atoms with Gasteiger partial charge in [0.25, 0.3) is 17.8 Å². The topological polar surface area (TPSA) is 104 Å². The number of pyridine rings is 1. The highest BCUT2D eigenvalue weighted by molar-refractivity contribution is 6.05. The van der Waals surface area contributed by atoms with Gasteiger partial charge in [0, 0.05) is 37.4 Å². The molecule has 0 aliphatic carbocycles. The maximum absolute atomic E-state index is 13.8. The third-order valence-corrected chi connectivity index (χ3v) is 7.89. The lowest BCUT2D eigenvalue weighted by atomic mass is 9.94. The number of rotatable bonds is 6. The van der Waals surface area contributed by atoms with E-state index in [1.807, 2.05) is 60.4 Å².